The van der Waals surface area contributed by atoms with Crippen molar-refractivity contribution in [1.82, 2.24) is 19.1 Å². The zero-order valence-corrected chi connectivity index (χ0v) is 18.6. The minimum Gasteiger partial charge on any atom is -0.336 e. The maximum absolute atomic E-state index is 13.1. The number of benzene rings is 1. The van der Waals surface area contributed by atoms with Crippen LogP contribution < -0.4 is 0 Å². The van der Waals surface area contributed by atoms with E-state index < -0.39 is 10.0 Å². The highest BCUT2D eigenvalue weighted by Gasteiger charge is 2.27. The second kappa shape index (κ2) is 9.89. The lowest BCUT2D eigenvalue weighted by atomic mass is 10.1. The number of hydrogen-bond donors (Lipinski definition) is 0. The Morgan fingerprint density at radius 3 is 2.23 bits per heavy atom. The van der Waals surface area contributed by atoms with E-state index in [1.165, 1.54) is 5.56 Å². The number of carbonyl (C=O) groups is 1. The highest BCUT2D eigenvalue weighted by Crippen LogP contribution is 2.22. The van der Waals surface area contributed by atoms with Crippen molar-refractivity contribution in [1.29, 1.82) is 0 Å². The van der Waals surface area contributed by atoms with Gasteiger partial charge in [-0.1, -0.05) is 18.9 Å². The molecule has 2 fully saturated rings. The molecule has 166 valence electrons. The van der Waals surface area contributed by atoms with Crippen LogP contribution in [0.5, 0.6) is 0 Å². The molecule has 1 amide bonds. The largest absolute Gasteiger partial charge is 0.336 e. The van der Waals surface area contributed by atoms with E-state index in [0.29, 0.717) is 31.7 Å². The fourth-order valence-electron chi connectivity index (χ4n) is 4.26. The van der Waals surface area contributed by atoms with Crippen LogP contribution in [0.2, 0.25) is 0 Å². The van der Waals surface area contributed by atoms with Crippen molar-refractivity contribution >= 4 is 15.9 Å². The third-order valence-electron chi connectivity index (χ3n) is 6.10. The number of hydrogen-bond acceptors (Lipinski definition) is 5. The molecule has 0 radical (unpaired) electrons. The lowest BCUT2D eigenvalue weighted by Crippen LogP contribution is -2.48. The van der Waals surface area contributed by atoms with Gasteiger partial charge in [-0.05, 0) is 48.7 Å². The van der Waals surface area contributed by atoms with E-state index in [4.69, 9.17) is 0 Å². The monoisotopic (exact) mass is 442 g/mol. The van der Waals surface area contributed by atoms with E-state index >= 15 is 0 Å². The van der Waals surface area contributed by atoms with Gasteiger partial charge in [-0.2, -0.15) is 4.31 Å². The topological polar surface area (TPSA) is 73.8 Å². The van der Waals surface area contributed by atoms with Crippen molar-refractivity contribution in [2.24, 2.45) is 0 Å². The van der Waals surface area contributed by atoms with Crippen LogP contribution in [0.3, 0.4) is 0 Å². The number of carbonyl (C=O) groups excluding carboxylic acids is 1. The number of piperazine rings is 1. The zero-order valence-electron chi connectivity index (χ0n) is 17.8. The quantitative estimate of drug-likeness (QED) is 0.712. The summed E-state index contributed by atoms with van der Waals surface area (Å²) in [6, 6.07) is 10.6. The lowest BCUT2D eigenvalue weighted by molar-refractivity contribution is 0.0628. The third-order valence-corrected chi connectivity index (χ3v) is 7.99. The summed E-state index contributed by atoms with van der Waals surface area (Å²) in [6.07, 6.45) is 7.50. The van der Waals surface area contributed by atoms with Crippen LogP contribution in [0.25, 0.3) is 0 Å². The summed E-state index contributed by atoms with van der Waals surface area (Å²) < 4.78 is 27.8. The maximum atomic E-state index is 13.1. The van der Waals surface area contributed by atoms with Crippen molar-refractivity contribution in [2.75, 3.05) is 39.3 Å². The van der Waals surface area contributed by atoms with Crippen LogP contribution in [0.15, 0.2) is 53.7 Å². The first kappa shape index (κ1) is 21.9. The summed E-state index contributed by atoms with van der Waals surface area (Å²) >= 11 is 0. The van der Waals surface area contributed by atoms with Gasteiger partial charge in [-0.15, -0.1) is 0 Å². The summed E-state index contributed by atoms with van der Waals surface area (Å²) in [5.41, 5.74) is 1.65. The molecule has 0 aliphatic carbocycles. The molecule has 2 saturated heterocycles. The highest BCUT2D eigenvalue weighted by atomic mass is 32.2. The Labute approximate surface area is 184 Å². The summed E-state index contributed by atoms with van der Waals surface area (Å²) in [7, 11) is -3.57. The summed E-state index contributed by atoms with van der Waals surface area (Å²) in [6.45, 7) is 4.80. The van der Waals surface area contributed by atoms with Gasteiger partial charge >= 0.3 is 0 Å². The molecule has 2 aliphatic heterocycles. The van der Waals surface area contributed by atoms with Crippen LogP contribution >= 0.6 is 0 Å². The van der Waals surface area contributed by atoms with E-state index in [1.807, 2.05) is 17.0 Å². The molecular weight excluding hydrogens is 412 g/mol. The lowest BCUT2D eigenvalue weighted by Gasteiger charge is -2.34. The predicted octanol–water partition coefficient (Wildman–Crippen LogP) is 2.60. The molecule has 3 heterocycles. The second-order valence-electron chi connectivity index (χ2n) is 8.27. The van der Waals surface area contributed by atoms with Crippen LogP contribution in [-0.4, -0.2) is 72.7 Å². The van der Waals surface area contributed by atoms with Gasteiger partial charge in [-0.3, -0.25) is 14.7 Å². The van der Waals surface area contributed by atoms with Gasteiger partial charge in [0.2, 0.25) is 10.0 Å². The molecule has 7 nitrogen and oxygen atoms in total. The average molecular weight is 443 g/mol. The SMILES string of the molecule is O=C(c1cccc(S(=O)(=O)N2CCCCCC2)c1)N1CCN(Cc2ccncc2)CC1. The number of aromatic nitrogens is 1. The van der Waals surface area contributed by atoms with Gasteiger partial charge in [0, 0.05) is 63.8 Å². The number of amides is 1. The van der Waals surface area contributed by atoms with E-state index in [2.05, 4.69) is 9.88 Å². The Morgan fingerprint density at radius 2 is 1.55 bits per heavy atom. The van der Waals surface area contributed by atoms with Crippen molar-refractivity contribution in [3.8, 4) is 0 Å². The van der Waals surface area contributed by atoms with Crippen molar-refractivity contribution in [2.45, 2.75) is 37.1 Å². The highest BCUT2D eigenvalue weighted by molar-refractivity contribution is 7.89. The van der Waals surface area contributed by atoms with Gasteiger partial charge in [0.1, 0.15) is 0 Å². The van der Waals surface area contributed by atoms with Crippen LogP contribution in [0.4, 0.5) is 0 Å². The first-order valence-electron chi connectivity index (χ1n) is 11.0. The van der Waals surface area contributed by atoms with Crippen molar-refractivity contribution in [3.63, 3.8) is 0 Å². The van der Waals surface area contributed by atoms with E-state index in [1.54, 1.807) is 41.0 Å². The molecule has 31 heavy (non-hydrogen) atoms. The predicted molar refractivity (Wildman–Crippen MR) is 119 cm³/mol. The fourth-order valence-corrected chi connectivity index (χ4v) is 5.82. The molecule has 0 unspecified atom stereocenters. The molecule has 8 heteroatoms. The van der Waals surface area contributed by atoms with Gasteiger partial charge in [0.15, 0.2) is 0 Å². The molecule has 2 aromatic rings. The Bertz CT molecular complexity index is 981. The number of pyridine rings is 1. The maximum Gasteiger partial charge on any atom is 0.253 e. The molecule has 0 spiro atoms. The first-order chi connectivity index (χ1) is 15.0. The van der Waals surface area contributed by atoms with Crippen LogP contribution in [0, 0.1) is 0 Å². The van der Waals surface area contributed by atoms with E-state index in [9.17, 15) is 13.2 Å². The van der Waals surface area contributed by atoms with Crippen molar-refractivity contribution < 1.29 is 13.2 Å². The molecule has 0 saturated carbocycles. The number of rotatable bonds is 5. The first-order valence-corrected chi connectivity index (χ1v) is 12.5. The molecule has 0 atom stereocenters. The van der Waals surface area contributed by atoms with Gasteiger partial charge in [0.05, 0.1) is 4.90 Å². The smallest absolute Gasteiger partial charge is 0.253 e. The normalized spacial score (nSPS) is 19.2. The Balaban J connectivity index is 1.40. The van der Waals surface area contributed by atoms with Crippen LogP contribution in [0.1, 0.15) is 41.6 Å². The molecular formula is C23H30N4O3S. The summed E-state index contributed by atoms with van der Waals surface area (Å²) in [5.74, 6) is -0.100. The number of sulfonamides is 1. The van der Waals surface area contributed by atoms with E-state index in [-0.39, 0.29) is 10.8 Å². The van der Waals surface area contributed by atoms with Gasteiger partial charge in [-0.25, -0.2) is 8.42 Å². The molecule has 0 bridgehead atoms. The molecule has 1 aromatic heterocycles. The Kier molecular flexibility index (Phi) is 6.99. The summed E-state index contributed by atoms with van der Waals surface area (Å²) in [4.78, 5) is 21.5. The third kappa shape index (κ3) is 5.31. The van der Waals surface area contributed by atoms with Gasteiger partial charge in [0.25, 0.3) is 5.91 Å². The average Bonchev–Trinajstić information content (AvgIpc) is 3.10. The zero-order chi connectivity index (χ0) is 21.7. The molecule has 2 aliphatic rings. The molecule has 0 N–H and O–H groups in total. The minimum atomic E-state index is -3.57. The summed E-state index contributed by atoms with van der Waals surface area (Å²) in [5, 5.41) is 0. The Morgan fingerprint density at radius 1 is 0.871 bits per heavy atom. The van der Waals surface area contributed by atoms with Crippen molar-refractivity contribution in [3.05, 3.63) is 59.9 Å². The second-order valence-corrected chi connectivity index (χ2v) is 10.2. The molecule has 4 rings (SSSR count). The van der Waals surface area contributed by atoms with Crippen LogP contribution in [-0.2, 0) is 16.6 Å². The minimum absolute atomic E-state index is 0.100. The Hall–Kier alpha value is -2.29. The number of nitrogens with zero attached hydrogens (tertiary/aromatic N) is 4. The molecule has 1 aromatic carbocycles. The van der Waals surface area contributed by atoms with Gasteiger partial charge < -0.3 is 4.90 Å². The van der Waals surface area contributed by atoms with E-state index in [0.717, 1.165) is 45.3 Å². The fraction of sp³-hybridized carbons (Fsp3) is 0.478. The standard InChI is InChI=1S/C23H30N4O3S/c28-23(26-16-14-25(15-17-26)19-20-8-10-24-11-9-20)21-6-5-7-22(18-21)31(29,30)27-12-3-1-2-4-13-27/h5-11,18H,1-4,12-17,19H2.